The monoisotopic (exact) mass is 229 g/mol. The standard InChI is InChI=1S/C11H13Cl2N/c1-7(2)11(14)6-8-9(12)4-3-5-10(8)13/h3-5,11H,1,6,14H2,2H3. The fourth-order valence-electron chi connectivity index (χ4n) is 1.12. The third kappa shape index (κ3) is 2.74. The minimum absolute atomic E-state index is 0.0904. The van der Waals surface area contributed by atoms with Gasteiger partial charge in [0, 0.05) is 16.1 Å². The molecule has 0 aromatic heterocycles. The Morgan fingerprint density at radius 3 is 2.36 bits per heavy atom. The van der Waals surface area contributed by atoms with E-state index in [-0.39, 0.29) is 6.04 Å². The summed E-state index contributed by atoms with van der Waals surface area (Å²) in [6.07, 6.45) is 0.633. The highest BCUT2D eigenvalue weighted by atomic mass is 35.5. The Morgan fingerprint density at radius 1 is 1.43 bits per heavy atom. The molecule has 0 bridgehead atoms. The normalized spacial score (nSPS) is 12.6. The van der Waals surface area contributed by atoms with Crippen LogP contribution < -0.4 is 5.73 Å². The molecule has 1 aromatic carbocycles. The second-order valence-corrected chi connectivity index (χ2v) is 4.17. The summed E-state index contributed by atoms with van der Waals surface area (Å²) in [6, 6.07) is 5.36. The number of halogens is 2. The summed E-state index contributed by atoms with van der Waals surface area (Å²) in [5.41, 5.74) is 7.70. The number of rotatable bonds is 3. The smallest absolute Gasteiger partial charge is 0.0453 e. The van der Waals surface area contributed by atoms with Gasteiger partial charge in [-0.2, -0.15) is 0 Å². The first kappa shape index (κ1) is 11.6. The van der Waals surface area contributed by atoms with Gasteiger partial charge in [0.05, 0.1) is 0 Å². The highest BCUT2D eigenvalue weighted by molar-refractivity contribution is 6.36. The van der Waals surface area contributed by atoms with Crippen LogP contribution in [0.2, 0.25) is 10.0 Å². The molecule has 14 heavy (non-hydrogen) atoms. The average molecular weight is 230 g/mol. The van der Waals surface area contributed by atoms with Crippen molar-refractivity contribution in [2.75, 3.05) is 0 Å². The third-order valence-corrected chi connectivity index (χ3v) is 2.83. The van der Waals surface area contributed by atoms with Crippen LogP contribution in [-0.2, 0) is 6.42 Å². The Bertz CT molecular complexity index is 327. The molecule has 76 valence electrons. The lowest BCUT2D eigenvalue weighted by molar-refractivity contribution is 0.767. The van der Waals surface area contributed by atoms with Gasteiger partial charge >= 0.3 is 0 Å². The van der Waals surface area contributed by atoms with Gasteiger partial charge in [-0.15, -0.1) is 0 Å². The first-order chi connectivity index (χ1) is 6.52. The lowest BCUT2D eigenvalue weighted by Gasteiger charge is -2.13. The quantitative estimate of drug-likeness (QED) is 0.791. The SMILES string of the molecule is C=C(C)C(N)Cc1c(Cl)cccc1Cl. The Morgan fingerprint density at radius 2 is 1.93 bits per heavy atom. The van der Waals surface area contributed by atoms with E-state index in [1.807, 2.05) is 25.1 Å². The lowest BCUT2D eigenvalue weighted by atomic mass is 10.0. The molecule has 1 nitrogen and oxygen atoms in total. The van der Waals surface area contributed by atoms with E-state index in [1.165, 1.54) is 0 Å². The summed E-state index contributed by atoms with van der Waals surface area (Å²) in [5, 5.41) is 1.32. The molecule has 1 atom stereocenters. The van der Waals surface area contributed by atoms with Crippen LogP contribution in [0.15, 0.2) is 30.4 Å². The molecule has 0 heterocycles. The largest absolute Gasteiger partial charge is 0.324 e. The Hall–Kier alpha value is -0.500. The molecule has 0 aliphatic carbocycles. The number of nitrogens with two attached hydrogens (primary N) is 1. The van der Waals surface area contributed by atoms with Crippen molar-refractivity contribution >= 4 is 23.2 Å². The van der Waals surface area contributed by atoms with Crippen LogP contribution in [-0.4, -0.2) is 6.04 Å². The van der Waals surface area contributed by atoms with Gasteiger partial charge in [0.1, 0.15) is 0 Å². The Labute approximate surface area is 94.5 Å². The molecule has 2 N–H and O–H groups in total. The van der Waals surface area contributed by atoms with Gasteiger partial charge in [0.25, 0.3) is 0 Å². The van der Waals surface area contributed by atoms with Gasteiger partial charge in [0.15, 0.2) is 0 Å². The second kappa shape index (κ2) is 4.83. The minimum atomic E-state index is -0.0904. The van der Waals surface area contributed by atoms with E-state index >= 15 is 0 Å². The second-order valence-electron chi connectivity index (χ2n) is 3.36. The minimum Gasteiger partial charge on any atom is -0.324 e. The zero-order chi connectivity index (χ0) is 10.7. The molecule has 1 rings (SSSR count). The van der Waals surface area contributed by atoms with Crippen LogP contribution in [0.1, 0.15) is 12.5 Å². The van der Waals surface area contributed by atoms with Gasteiger partial charge in [-0.25, -0.2) is 0 Å². The van der Waals surface area contributed by atoms with E-state index in [1.54, 1.807) is 0 Å². The van der Waals surface area contributed by atoms with Crippen molar-refractivity contribution in [3.8, 4) is 0 Å². The van der Waals surface area contributed by atoms with Crippen LogP contribution >= 0.6 is 23.2 Å². The van der Waals surface area contributed by atoms with Crippen molar-refractivity contribution in [1.29, 1.82) is 0 Å². The summed E-state index contributed by atoms with van der Waals surface area (Å²) < 4.78 is 0. The molecular formula is C11H13Cl2N. The van der Waals surface area contributed by atoms with E-state index in [9.17, 15) is 0 Å². The van der Waals surface area contributed by atoms with Gasteiger partial charge in [0.2, 0.25) is 0 Å². The molecule has 1 unspecified atom stereocenters. The molecule has 0 radical (unpaired) electrons. The van der Waals surface area contributed by atoms with Gasteiger partial charge in [-0.05, 0) is 31.0 Å². The Kier molecular flexibility index (Phi) is 3.99. The van der Waals surface area contributed by atoms with Crippen LogP contribution in [0.3, 0.4) is 0 Å². The van der Waals surface area contributed by atoms with Crippen molar-refractivity contribution < 1.29 is 0 Å². The summed E-state index contributed by atoms with van der Waals surface area (Å²) in [5.74, 6) is 0. The van der Waals surface area contributed by atoms with Crippen LogP contribution in [0.25, 0.3) is 0 Å². The summed E-state index contributed by atoms with van der Waals surface area (Å²) >= 11 is 12.0. The average Bonchev–Trinajstić information content (AvgIpc) is 2.11. The van der Waals surface area contributed by atoms with Crippen molar-refractivity contribution in [3.63, 3.8) is 0 Å². The van der Waals surface area contributed by atoms with Crippen molar-refractivity contribution in [2.24, 2.45) is 5.73 Å². The molecule has 0 aliphatic heterocycles. The van der Waals surface area contributed by atoms with Crippen LogP contribution in [0.4, 0.5) is 0 Å². The first-order valence-corrected chi connectivity index (χ1v) is 5.12. The fraction of sp³-hybridized carbons (Fsp3) is 0.273. The zero-order valence-corrected chi connectivity index (χ0v) is 9.57. The molecule has 1 aromatic rings. The van der Waals surface area contributed by atoms with Crippen molar-refractivity contribution in [1.82, 2.24) is 0 Å². The predicted octanol–water partition coefficient (Wildman–Crippen LogP) is 3.44. The maximum Gasteiger partial charge on any atom is 0.0453 e. The van der Waals surface area contributed by atoms with Crippen molar-refractivity contribution in [3.05, 3.63) is 46.0 Å². The number of hydrogen-bond acceptors (Lipinski definition) is 1. The molecule has 0 fully saturated rings. The summed E-state index contributed by atoms with van der Waals surface area (Å²) in [6.45, 7) is 5.70. The molecular weight excluding hydrogens is 217 g/mol. The maximum atomic E-state index is 6.01. The topological polar surface area (TPSA) is 26.0 Å². The predicted molar refractivity (Wildman–Crippen MR) is 63.0 cm³/mol. The first-order valence-electron chi connectivity index (χ1n) is 4.36. The van der Waals surface area contributed by atoms with E-state index in [0.717, 1.165) is 11.1 Å². The zero-order valence-electron chi connectivity index (χ0n) is 8.06. The third-order valence-electron chi connectivity index (χ3n) is 2.12. The molecule has 0 spiro atoms. The summed E-state index contributed by atoms with van der Waals surface area (Å²) in [7, 11) is 0. The Balaban J connectivity index is 2.91. The van der Waals surface area contributed by atoms with E-state index in [0.29, 0.717) is 16.5 Å². The molecule has 0 amide bonds. The van der Waals surface area contributed by atoms with E-state index in [4.69, 9.17) is 28.9 Å². The molecule has 3 heteroatoms. The van der Waals surface area contributed by atoms with E-state index < -0.39 is 0 Å². The van der Waals surface area contributed by atoms with Crippen molar-refractivity contribution in [2.45, 2.75) is 19.4 Å². The highest BCUT2D eigenvalue weighted by Crippen LogP contribution is 2.25. The van der Waals surface area contributed by atoms with Gasteiger partial charge in [-0.1, -0.05) is 41.4 Å². The number of benzene rings is 1. The van der Waals surface area contributed by atoms with Gasteiger partial charge < -0.3 is 5.73 Å². The molecule has 0 saturated heterocycles. The van der Waals surface area contributed by atoms with E-state index in [2.05, 4.69) is 6.58 Å². The number of hydrogen-bond donors (Lipinski definition) is 1. The van der Waals surface area contributed by atoms with Crippen LogP contribution in [0, 0.1) is 0 Å². The summed E-state index contributed by atoms with van der Waals surface area (Å²) in [4.78, 5) is 0. The van der Waals surface area contributed by atoms with Crippen LogP contribution in [0.5, 0.6) is 0 Å². The lowest BCUT2D eigenvalue weighted by Crippen LogP contribution is -2.23. The molecule has 0 aliphatic rings. The maximum absolute atomic E-state index is 6.01. The molecule has 0 saturated carbocycles. The highest BCUT2D eigenvalue weighted by Gasteiger charge is 2.10. The van der Waals surface area contributed by atoms with Gasteiger partial charge in [-0.3, -0.25) is 0 Å². The fourth-order valence-corrected chi connectivity index (χ4v) is 1.67.